The summed E-state index contributed by atoms with van der Waals surface area (Å²) in [6.07, 6.45) is 5.83. The SMILES string of the molecule is C=c1onc(C)/c1=C/C=C\C.CC. The van der Waals surface area contributed by atoms with Crippen molar-refractivity contribution in [1.82, 2.24) is 5.16 Å². The van der Waals surface area contributed by atoms with E-state index in [2.05, 4.69) is 11.7 Å². The minimum atomic E-state index is 0.626. The van der Waals surface area contributed by atoms with E-state index in [0.29, 0.717) is 5.42 Å². The van der Waals surface area contributed by atoms with Crippen LogP contribution in [0.25, 0.3) is 12.7 Å². The van der Waals surface area contributed by atoms with Gasteiger partial charge < -0.3 is 4.52 Å². The van der Waals surface area contributed by atoms with Gasteiger partial charge in [-0.3, -0.25) is 0 Å². The fraction of sp³-hybridized carbons (Fsp3) is 0.364. The second-order valence-corrected chi connectivity index (χ2v) is 2.30. The molecule has 1 aromatic rings. The van der Waals surface area contributed by atoms with E-state index in [9.17, 15) is 0 Å². The monoisotopic (exact) mass is 179 g/mol. The molecule has 2 heteroatoms. The Hall–Kier alpha value is -1.31. The van der Waals surface area contributed by atoms with Crippen molar-refractivity contribution in [3.63, 3.8) is 0 Å². The number of hydrogen-bond acceptors (Lipinski definition) is 2. The summed E-state index contributed by atoms with van der Waals surface area (Å²) < 4.78 is 4.87. The Bertz CT molecular complexity index is 360. The molecule has 72 valence electrons. The van der Waals surface area contributed by atoms with E-state index in [1.807, 2.05) is 45.9 Å². The number of nitrogens with zero attached hydrogens (tertiary/aromatic N) is 1. The van der Waals surface area contributed by atoms with Crippen molar-refractivity contribution in [3.8, 4) is 0 Å². The number of allylic oxidation sites excluding steroid dienone is 2. The molecule has 0 aliphatic rings. The fourth-order valence-electron chi connectivity index (χ4n) is 0.830. The Kier molecular flexibility index (Phi) is 5.60. The third kappa shape index (κ3) is 3.28. The highest BCUT2D eigenvalue weighted by atomic mass is 16.5. The van der Waals surface area contributed by atoms with E-state index < -0.39 is 0 Å². The van der Waals surface area contributed by atoms with Crippen molar-refractivity contribution in [2.24, 2.45) is 0 Å². The van der Waals surface area contributed by atoms with Gasteiger partial charge in [0.15, 0.2) is 5.42 Å². The third-order valence-corrected chi connectivity index (χ3v) is 1.44. The topological polar surface area (TPSA) is 26.0 Å². The van der Waals surface area contributed by atoms with Crippen LogP contribution in [0.1, 0.15) is 26.5 Å². The lowest BCUT2D eigenvalue weighted by molar-refractivity contribution is 0.391. The highest BCUT2D eigenvalue weighted by Gasteiger charge is 1.92. The van der Waals surface area contributed by atoms with E-state index in [4.69, 9.17) is 4.52 Å². The predicted molar refractivity (Wildman–Crippen MR) is 56.6 cm³/mol. The van der Waals surface area contributed by atoms with Crippen molar-refractivity contribution in [2.75, 3.05) is 0 Å². The Morgan fingerprint density at radius 3 is 2.38 bits per heavy atom. The van der Waals surface area contributed by atoms with E-state index in [-0.39, 0.29) is 0 Å². The van der Waals surface area contributed by atoms with Crippen LogP contribution in [0.3, 0.4) is 0 Å². The Labute approximate surface area is 79.3 Å². The van der Waals surface area contributed by atoms with Crippen LogP contribution >= 0.6 is 0 Å². The summed E-state index contributed by atoms with van der Waals surface area (Å²) in [7, 11) is 0. The van der Waals surface area contributed by atoms with Gasteiger partial charge in [0.2, 0.25) is 0 Å². The zero-order valence-corrected chi connectivity index (χ0v) is 8.79. The van der Waals surface area contributed by atoms with Crippen molar-refractivity contribution >= 4 is 12.7 Å². The van der Waals surface area contributed by atoms with Crippen LogP contribution in [-0.2, 0) is 0 Å². The van der Waals surface area contributed by atoms with Gasteiger partial charge in [-0.2, -0.15) is 0 Å². The van der Waals surface area contributed by atoms with Gasteiger partial charge in [0.05, 0.1) is 5.69 Å². The lowest BCUT2D eigenvalue weighted by atomic mass is 10.3. The average Bonchev–Trinajstić information content (AvgIpc) is 2.47. The van der Waals surface area contributed by atoms with Gasteiger partial charge in [-0.05, 0) is 19.9 Å². The maximum atomic E-state index is 4.87. The second kappa shape index (κ2) is 6.23. The normalized spacial score (nSPS) is 11.5. The molecule has 1 rings (SSSR count). The molecule has 0 N–H and O–H groups in total. The van der Waals surface area contributed by atoms with Crippen molar-refractivity contribution in [2.45, 2.75) is 27.7 Å². The zero-order chi connectivity index (χ0) is 10.3. The molecular weight excluding hydrogens is 162 g/mol. The summed E-state index contributed by atoms with van der Waals surface area (Å²) in [6.45, 7) is 11.6. The Balaban J connectivity index is 0.000000671. The predicted octanol–water partition coefficient (Wildman–Crippen LogP) is 1.78. The lowest BCUT2D eigenvalue weighted by Gasteiger charge is -1.74. The summed E-state index contributed by atoms with van der Waals surface area (Å²) in [5.74, 6) is 0. The molecule has 0 bridgehead atoms. The van der Waals surface area contributed by atoms with Gasteiger partial charge in [-0.1, -0.05) is 37.7 Å². The van der Waals surface area contributed by atoms with Crippen molar-refractivity contribution < 1.29 is 4.52 Å². The van der Waals surface area contributed by atoms with E-state index >= 15 is 0 Å². The molecule has 0 unspecified atom stereocenters. The maximum absolute atomic E-state index is 4.87. The molecule has 0 aliphatic heterocycles. The molecule has 0 aromatic carbocycles. The molecular formula is C11H17NO. The zero-order valence-electron chi connectivity index (χ0n) is 8.79. The van der Waals surface area contributed by atoms with Gasteiger partial charge in [0.25, 0.3) is 0 Å². The molecule has 0 aliphatic carbocycles. The number of aryl methyl sites for hydroxylation is 1. The van der Waals surface area contributed by atoms with E-state index in [0.717, 1.165) is 10.9 Å². The second-order valence-electron chi connectivity index (χ2n) is 2.30. The molecule has 0 amide bonds. The average molecular weight is 179 g/mol. The number of rotatable bonds is 1. The number of hydrogen-bond donors (Lipinski definition) is 0. The highest BCUT2D eigenvalue weighted by Crippen LogP contribution is 1.77. The van der Waals surface area contributed by atoms with Crippen LogP contribution in [0.2, 0.25) is 0 Å². The summed E-state index contributed by atoms with van der Waals surface area (Å²) in [5.41, 5.74) is 1.51. The first kappa shape index (κ1) is 11.7. The highest BCUT2D eigenvalue weighted by molar-refractivity contribution is 5.37. The van der Waals surface area contributed by atoms with Crippen molar-refractivity contribution in [3.05, 3.63) is 28.5 Å². The molecule has 0 radical (unpaired) electrons. The van der Waals surface area contributed by atoms with Crippen LogP contribution in [0.5, 0.6) is 0 Å². The van der Waals surface area contributed by atoms with E-state index in [1.165, 1.54) is 0 Å². The fourth-order valence-corrected chi connectivity index (χ4v) is 0.830. The van der Waals surface area contributed by atoms with Crippen LogP contribution < -0.4 is 10.6 Å². The first-order chi connectivity index (χ1) is 6.25. The summed E-state index contributed by atoms with van der Waals surface area (Å²) in [5, 5.41) is 4.74. The molecule has 0 saturated heterocycles. The Morgan fingerprint density at radius 1 is 1.38 bits per heavy atom. The van der Waals surface area contributed by atoms with Gasteiger partial charge >= 0.3 is 0 Å². The number of aromatic nitrogens is 1. The molecule has 0 saturated carbocycles. The lowest BCUT2D eigenvalue weighted by Crippen LogP contribution is -2.19. The third-order valence-electron chi connectivity index (χ3n) is 1.44. The molecule has 2 nitrogen and oxygen atoms in total. The van der Waals surface area contributed by atoms with Gasteiger partial charge in [-0.15, -0.1) is 0 Å². The molecule has 1 aromatic heterocycles. The first-order valence-corrected chi connectivity index (χ1v) is 4.50. The smallest absolute Gasteiger partial charge is 0.159 e. The molecule has 1 heterocycles. The first-order valence-electron chi connectivity index (χ1n) is 4.50. The van der Waals surface area contributed by atoms with Crippen LogP contribution in [0.15, 0.2) is 16.7 Å². The van der Waals surface area contributed by atoms with Crippen molar-refractivity contribution in [1.29, 1.82) is 0 Å². The standard InChI is InChI=1S/C9H11NO.C2H6/c1-4-5-6-9-7(2)10-11-8(9)3;1-2/h4-6H,3H2,1-2H3;1-2H3/b5-4-,9-6-;. The minimum Gasteiger partial charge on any atom is -0.357 e. The summed E-state index contributed by atoms with van der Waals surface area (Å²) in [4.78, 5) is 0. The molecule has 13 heavy (non-hydrogen) atoms. The van der Waals surface area contributed by atoms with E-state index in [1.54, 1.807) is 0 Å². The molecule has 0 spiro atoms. The van der Waals surface area contributed by atoms with Crippen LogP contribution in [0, 0.1) is 6.92 Å². The quantitative estimate of drug-likeness (QED) is 0.656. The van der Waals surface area contributed by atoms with Crippen LogP contribution in [-0.4, -0.2) is 5.16 Å². The van der Waals surface area contributed by atoms with Crippen LogP contribution in [0.4, 0.5) is 0 Å². The van der Waals surface area contributed by atoms with Gasteiger partial charge in [0, 0.05) is 5.22 Å². The molecule has 0 atom stereocenters. The summed E-state index contributed by atoms with van der Waals surface area (Å²) >= 11 is 0. The maximum Gasteiger partial charge on any atom is 0.159 e. The minimum absolute atomic E-state index is 0.626. The molecule has 0 fully saturated rings. The largest absolute Gasteiger partial charge is 0.357 e. The van der Waals surface area contributed by atoms with Gasteiger partial charge in [-0.25, -0.2) is 0 Å². The van der Waals surface area contributed by atoms with Gasteiger partial charge in [0.1, 0.15) is 0 Å². The Morgan fingerprint density at radius 2 is 2.00 bits per heavy atom. The summed E-state index contributed by atoms with van der Waals surface area (Å²) in [6, 6.07) is 0.